The quantitative estimate of drug-likeness (QED) is 0.400. The third-order valence-electron chi connectivity index (χ3n) is 4.29. The van der Waals surface area contributed by atoms with Gasteiger partial charge in [-0.05, 0) is 60.6 Å². The van der Waals surface area contributed by atoms with Crippen molar-refractivity contribution in [2.75, 3.05) is 17.7 Å². The number of halogens is 1. The number of amides is 2. The smallest absolute Gasteiger partial charge is 0.269 e. The first-order chi connectivity index (χ1) is 14.8. The molecule has 6 nitrogen and oxygen atoms in total. The van der Waals surface area contributed by atoms with Gasteiger partial charge in [0, 0.05) is 27.9 Å². The van der Waals surface area contributed by atoms with Crippen LogP contribution in [0.4, 0.5) is 11.4 Å². The first kappa shape index (κ1) is 23.0. The van der Waals surface area contributed by atoms with Crippen molar-refractivity contribution in [2.24, 2.45) is 5.92 Å². The van der Waals surface area contributed by atoms with Crippen molar-refractivity contribution >= 4 is 73.5 Å². The minimum Gasteiger partial charge on any atom is -0.497 e. The summed E-state index contributed by atoms with van der Waals surface area (Å²) in [6.07, 6.45) is 0.461. The molecule has 0 fully saturated rings. The number of hydrogen-bond donors (Lipinski definition) is 3. The van der Waals surface area contributed by atoms with Crippen LogP contribution in [-0.2, 0) is 4.79 Å². The second-order valence-electron chi connectivity index (χ2n) is 7.24. The summed E-state index contributed by atoms with van der Waals surface area (Å²) in [5.41, 5.74) is 1.37. The van der Waals surface area contributed by atoms with E-state index >= 15 is 0 Å². The highest BCUT2D eigenvalue weighted by atomic mass is 35.5. The van der Waals surface area contributed by atoms with Crippen molar-refractivity contribution in [3.63, 3.8) is 0 Å². The van der Waals surface area contributed by atoms with Gasteiger partial charge in [0.05, 0.1) is 12.1 Å². The van der Waals surface area contributed by atoms with Gasteiger partial charge in [0.2, 0.25) is 5.91 Å². The van der Waals surface area contributed by atoms with Crippen molar-refractivity contribution in [1.29, 1.82) is 0 Å². The number of ether oxygens (including phenoxy) is 1. The Labute approximate surface area is 194 Å². The zero-order valence-electron chi connectivity index (χ0n) is 17.2. The van der Waals surface area contributed by atoms with Gasteiger partial charge in [-0.25, -0.2) is 0 Å². The van der Waals surface area contributed by atoms with E-state index in [0.717, 1.165) is 10.1 Å². The molecule has 31 heavy (non-hydrogen) atoms. The molecular formula is C22H22ClN3O3S2. The molecule has 0 aliphatic rings. The summed E-state index contributed by atoms with van der Waals surface area (Å²) >= 11 is 12.9. The van der Waals surface area contributed by atoms with Crippen molar-refractivity contribution in [2.45, 2.75) is 20.3 Å². The molecule has 3 aromatic rings. The Bertz CT molecular complexity index is 1130. The minimum absolute atomic E-state index is 0.0312. The summed E-state index contributed by atoms with van der Waals surface area (Å²) in [7, 11) is 1.58. The Morgan fingerprint density at radius 1 is 1.10 bits per heavy atom. The lowest BCUT2D eigenvalue weighted by Crippen LogP contribution is -2.33. The van der Waals surface area contributed by atoms with Gasteiger partial charge in [0.15, 0.2) is 5.11 Å². The molecule has 162 valence electrons. The third kappa shape index (κ3) is 5.94. The molecule has 3 N–H and O–H groups in total. The van der Waals surface area contributed by atoms with Crippen LogP contribution in [0.3, 0.4) is 0 Å². The van der Waals surface area contributed by atoms with E-state index in [1.165, 1.54) is 11.3 Å². The molecule has 3 rings (SSSR count). The number of hydrogen-bond acceptors (Lipinski definition) is 5. The Morgan fingerprint density at radius 3 is 2.35 bits per heavy atom. The lowest BCUT2D eigenvalue weighted by atomic mass is 10.1. The summed E-state index contributed by atoms with van der Waals surface area (Å²) in [5, 5.41) is 9.76. The molecule has 0 atom stereocenters. The van der Waals surface area contributed by atoms with Crippen molar-refractivity contribution in [3.05, 3.63) is 52.4 Å². The van der Waals surface area contributed by atoms with Crippen LogP contribution in [0.5, 0.6) is 5.75 Å². The summed E-state index contributed by atoms with van der Waals surface area (Å²) in [5.74, 6) is 0.563. The van der Waals surface area contributed by atoms with Crippen LogP contribution in [0.2, 0.25) is 5.02 Å². The number of benzene rings is 2. The fourth-order valence-corrected chi connectivity index (χ4v) is 4.51. The monoisotopic (exact) mass is 475 g/mol. The summed E-state index contributed by atoms with van der Waals surface area (Å²) in [4.78, 5) is 24.9. The van der Waals surface area contributed by atoms with E-state index in [0.29, 0.717) is 39.4 Å². The van der Waals surface area contributed by atoms with Gasteiger partial charge in [-0.15, -0.1) is 11.3 Å². The molecule has 2 aromatic carbocycles. The van der Waals surface area contributed by atoms with Crippen LogP contribution >= 0.6 is 35.2 Å². The molecule has 0 saturated heterocycles. The Morgan fingerprint density at radius 2 is 1.74 bits per heavy atom. The van der Waals surface area contributed by atoms with E-state index in [1.54, 1.807) is 37.4 Å². The fourth-order valence-electron chi connectivity index (χ4n) is 2.86. The number of thiophene rings is 1. The molecule has 1 aromatic heterocycles. The van der Waals surface area contributed by atoms with E-state index in [1.807, 2.05) is 26.0 Å². The lowest BCUT2D eigenvalue weighted by Gasteiger charge is -2.11. The molecule has 0 saturated carbocycles. The zero-order chi connectivity index (χ0) is 22.5. The third-order valence-corrected chi connectivity index (χ3v) is 6.15. The Hall–Kier alpha value is -2.68. The maximum atomic E-state index is 12.7. The topological polar surface area (TPSA) is 79.5 Å². The number of fused-ring (bicyclic) bond motifs is 1. The molecule has 0 aliphatic heterocycles. The Kier molecular flexibility index (Phi) is 7.48. The highest BCUT2D eigenvalue weighted by molar-refractivity contribution is 7.80. The van der Waals surface area contributed by atoms with Gasteiger partial charge in [-0.3, -0.25) is 14.9 Å². The molecule has 0 aliphatic carbocycles. The molecule has 0 bridgehead atoms. The van der Waals surface area contributed by atoms with Crippen LogP contribution in [0.15, 0.2) is 42.5 Å². The highest BCUT2D eigenvalue weighted by Gasteiger charge is 2.18. The molecule has 1 heterocycles. The second-order valence-corrected chi connectivity index (χ2v) is 9.08. The summed E-state index contributed by atoms with van der Waals surface area (Å²) in [6, 6.07) is 12.5. The summed E-state index contributed by atoms with van der Waals surface area (Å²) in [6.45, 7) is 3.98. The number of rotatable bonds is 6. The van der Waals surface area contributed by atoms with Crippen molar-refractivity contribution in [1.82, 2.24) is 5.32 Å². The van der Waals surface area contributed by atoms with E-state index < -0.39 is 0 Å². The molecular weight excluding hydrogens is 454 g/mol. The molecule has 0 spiro atoms. The Balaban J connectivity index is 1.61. The number of methoxy groups -OCH3 is 1. The van der Waals surface area contributed by atoms with Crippen molar-refractivity contribution < 1.29 is 14.3 Å². The largest absolute Gasteiger partial charge is 0.497 e. The normalized spacial score (nSPS) is 10.7. The number of carbonyl (C=O) groups is 2. The highest BCUT2D eigenvalue weighted by Crippen LogP contribution is 2.37. The number of thiocarbonyl (C=S) groups is 1. The van der Waals surface area contributed by atoms with E-state index in [4.69, 9.17) is 28.6 Å². The maximum Gasteiger partial charge on any atom is 0.269 e. The average Bonchev–Trinajstić information content (AvgIpc) is 3.04. The molecule has 0 unspecified atom stereocenters. The van der Waals surface area contributed by atoms with Crippen LogP contribution < -0.4 is 20.7 Å². The summed E-state index contributed by atoms with van der Waals surface area (Å²) < 4.78 is 6.07. The van der Waals surface area contributed by atoms with E-state index in [-0.39, 0.29) is 16.9 Å². The predicted octanol–water partition coefficient (Wildman–Crippen LogP) is 5.67. The van der Waals surface area contributed by atoms with E-state index in [9.17, 15) is 9.59 Å². The van der Waals surface area contributed by atoms with Crippen LogP contribution in [0.25, 0.3) is 10.1 Å². The SMILES string of the molecule is COc1ccc2c(Cl)c(C(=O)NC(=S)Nc3ccc(NC(=O)CC(C)C)cc3)sc2c1. The molecule has 2 amide bonds. The van der Waals surface area contributed by atoms with Gasteiger partial charge in [-0.2, -0.15) is 0 Å². The maximum absolute atomic E-state index is 12.7. The van der Waals surface area contributed by atoms with Gasteiger partial charge in [0.1, 0.15) is 10.6 Å². The van der Waals surface area contributed by atoms with Crippen LogP contribution in [0.1, 0.15) is 29.9 Å². The predicted molar refractivity (Wildman–Crippen MR) is 132 cm³/mol. The minimum atomic E-state index is -0.389. The van der Waals surface area contributed by atoms with E-state index in [2.05, 4.69) is 16.0 Å². The molecule has 9 heteroatoms. The number of anilines is 2. The van der Waals surface area contributed by atoms with Gasteiger partial charge in [0.25, 0.3) is 5.91 Å². The van der Waals surface area contributed by atoms with Gasteiger partial charge >= 0.3 is 0 Å². The average molecular weight is 476 g/mol. The number of nitrogens with one attached hydrogen (secondary N) is 3. The van der Waals surface area contributed by atoms with Crippen LogP contribution in [-0.4, -0.2) is 24.0 Å². The lowest BCUT2D eigenvalue weighted by molar-refractivity contribution is -0.116. The fraction of sp³-hybridized carbons (Fsp3) is 0.227. The zero-order valence-corrected chi connectivity index (χ0v) is 19.6. The second kappa shape index (κ2) is 10.1. The van der Waals surface area contributed by atoms with Gasteiger partial charge in [-0.1, -0.05) is 25.4 Å². The van der Waals surface area contributed by atoms with Crippen molar-refractivity contribution in [3.8, 4) is 5.75 Å². The van der Waals surface area contributed by atoms with Gasteiger partial charge < -0.3 is 15.4 Å². The first-order valence-corrected chi connectivity index (χ1v) is 11.2. The first-order valence-electron chi connectivity index (χ1n) is 9.55. The van der Waals surface area contributed by atoms with Crippen LogP contribution in [0, 0.1) is 5.92 Å². The standard InChI is InChI=1S/C22H22ClN3O3S2/c1-12(2)10-18(27)24-13-4-6-14(7-5-13)25-22(30)26-21(28)20-19(23)16-9-8-15(29-3)11-17(16)31-20/h4-9,11-12H,10H2,1-3H3,(H,24,27)(H2,25,26,28,30). The number of carbonyl (C=O) groups excluding carboxylic acids is 2. The molecule has 0 radical (unpaired) electrons.